The van der Waals surface area contributed by atoms with Gasteiger partial charge in [-0.2, -0.15) is 4.98 Å². The van der Waals surface area contributed by atoms with Crippen molar-refractivity contribution in [1.82, 2.24) is 19.7 Å². The zero-order valence-electron chi connectivity index (χ0n) is 16.4. The Balaban J connectivity index is 1.87. The smallest absolute Gasteiger partial charge is 0.225 e. The predicted molar refractivity (Wildman–Crippen MR) is 119 cm³/mol. The molecule has 3 N–H and O–H groups in total. The van der Waals surface area contributed by atoms with E-state index in [4.69, 9.17) is 22.3 Å². The van der Waals surface area contributed by atoms with Gasteiger partial charge in [0.05, 0.1) is 17.6 Å². The van der Waals surface area contributed by atoms with Crippen molar-refractivity contribution >= 4 is 34.4 Å². The number of hydrogen-bond acceptors (Lipinski definition) is 5. The summed E-state index contributed by atoms with van der Waals surface area (Å²) < 4.78 is 1.77. The molecule has 4 aromatic rings. The lowest BCUT2D eigenvalue weighted by molar-refractivity contribution is 0.684. The number of halogens is 1. The van der Waals surface area contributed by atoms with E-state index >= 15 is 0 Å². The Morgan fingerprint density at radius 3 is 2.48 bits per heavy atom. The van der Waals surface area contributed by atoms with Crippen molar-refractivity contribution in [2.45, 2.75) is 20.4 Å². The summed E-state index contributed by atoms with van der Waals surface area (Å²) in [6, 6.07) is 17.7. The zero-order chi connectivity index (χ0) is 20.4. The summed E-state index contributed by atoms with van der Waals surface area (Å²) in [5.41, 5.74) is 9.65. The predicted octanol–water partition coefficient (Wildman–Crippen LogP) is 4.85. The molecule has 0 aliphatic rings. The number of nitrogens with two attached hydrogens (primary N) is 1. The van der Waals surface area contributed by atoms with Crippen LogP contribution in [0.3, 0.4) is 0 Å². The molecule has 29 heavy (non-hydrogen) atoms. The van der Waals surface area contributed by atoms with E-state index in [1.165, 1.54) is 0 Å². The van der Waals surface area contributed by atoms with Gasteiger partial charge in [-0.05, 0) is 17.5 Å². The van der Waals surface area contributed by atoms with E-state index in [9.17, 15) is 0 Å². The number of hydrogen-bond donors (Lipinski definition) is 2. The van der Waals surface area contributed by atoms with Gasteiger partial charge >= 0.3 is 0 Å². The maximum atomic E-state index is 6.50. The summed E-state index contributed by atoms with van der Waals surface area (Å²) in [4.78, 5) is 9.35. The molecule has 0 bridgehead atoms. The molecule has 0 saturated carbocycles. The summed E-state index contributed by atoms with van der Waals surface area (Å²) in [5.74, 6) is 1.50. The molecule has 0 amide bonds. The highest BCUT2D eigenvalue weighted by atomic mass is 35.5. The lowest BCUT2D eigenvalue weighted by Crippen LogP contribution is -2.11. The molecule has 0 fully saturated rings. The second kappa shape index (κ2) is 8.09. The molecule has 7 heteroatoms. The van der Waals surface area contributed by atoms with Gasteiger partial charge in [-0.3, -0.25) is 0 Å². The second-order valence-corrected chi connectivity index (χ2v) is 7.78. The van der Waals surface area contributed by atoms with Gasteiger partial charge in [-0.25, -0.2) is 9.67 Å². The lowest BCUT2D eigenvalue weighted by atomic mass is 10.1. The summed E-state index contributed by atoms with van der Waals surface area (Å²) >= 11 is 6.48. The monoisotopic (exact) mass is 406 g/mol. The Morgan fingerprint density at radius 1 is 1.03 bits per heavy atom. The van der Waals surface area contributed by atoms with E-state index in [1.54, 1.807) is 4.68 Å². The highest BCUT2D eigenvalue weighted by Gasteiger charge is 2.20. The zero-order valence-corrected chi connectivity index (χ0v) is 17.2. The fourth-order valence-electron chi connectivity index (χ4n) is 3.15. The fraction of sp³-hybridized carbons (Fsp3) is 0.227. The molecular formula is C22H23ClN6. The molecule has 0 spiro atoms. The number of rotatable bonds is 6. The van der Waals surface area contributed by atoms with Crippen LogP contribution >= 0.6 is 11.6 Å². The van der Waals surface area contributed by atoms with Crippen LogP contribution in [0.2, 0.25) is 5.02 Å². The number of benzene rings is 2. The lowest BCUT2D eigenvalue weighted by Gasteiger charge is -2.10. The summed E-state index contributed by atoms with van der Waals surface area (Å²) in [6.45, 7) is 5.58. The third-order valence-corrected chi connectivity index (χ3v) is 4.94. The summed E-state index contributed by atoms with van der Waals surface area (Å²) in [5, 5.41) is 9.28. The molecule has 0 aliphatic carbocycles. The average Bonchev–Trinajstić information content (AvgIpc) is 3.02. The first-order valence-corrected chi connectivity index (χ1v) is 9.97. The number of nitrogens with zero attached hydrogens (tertiary/aromatic N) is 4. The van der Waals surface area contributed by atoms with Crippen molar-refractivity contribution in [3.8, 4) is 11.3 Å². The van der Waals surface area contributed by atoms with Crippen molar-refractivity contribution in [2.24, 2.45) is 5.92 Å². The molecule has 148 valence electrons. The number of fused-ring (bicyclic) bond motifs is 1. The standard InChI is InChI=1S/C22H23ClN6/c1-14(2)12-25-22-26-19(16-10-6-7-11-17(16)23)18-20(24)29(28-21(18)27-22)13-15-8-4-3-5-9-15/h3-11,14H,12-13,24H2,1-2H3,(H,25,27,28). The first kappa shape index (κ1) is 19.2. The van der Waals surface area contributed by atoms with Crippen LogP contribution in [0, 0.1) is 5.92 Å². The molecule has 0 aliphatic heterocycles. The molecule has 2 heterocycles. The van der Waals surface area contributed by atoms with Gasteiger partial charge in [0.15, 0.2) is 5.65 Å². The van der Waals surface area contributed by atoms with Gasteiger partial charge in [-0.15, -0.1) is 5.10 Å². The molecule has 0 atom stereocenters. The highest BCUT2D eigenvalue weighted by Crippen LogP contribution is 2.35. The number of aromatic nitrogens is 4. The third kappa shape index (κ3) is 4.03. The largest absolute Gasteiger partial charge is 0.383 e. The van der Waals surface area contributed by atoms with Gasteiger partial charge in [0.2, 0.25) is 5.95 Å². The first-order chi connectivity index (χ1) is 14.0. The topological polar surface area (TPSA) is 81.6 Å². The van der Waals surface area contributed by atoms with Gasteiger partial charge in [0.1, 0.15) is 5.82 Å². The van der Waals surface area contributed by atoms with Crippen LogP contribution in [0.15, 0.2) is 54.6 Å². The molecule has 0 saturated heterocycles. The molecule has 2 aromatic heterocycles. The molecule has 2 aromatic carbocycles. The molecule has 0 unspecified atom stereocenters. The minimum Gasteiger partial charge on any atom is -0.383 e. The average molecular weight is 407 g/mol. The third-order valence-electron chi connectivity index (χ3n) is 4.61. The van der Waals surface area contributed by atoms with E-state index in [1.807, 2.05) is 54.6 Å². The Hall–Kier alpha value is -3.12. The van der Waals surface area contributed by atoms with Crippen LogP contribution in [0.5, 0.6) is 0 Å². The van der Waals surface area contributed by atoms with Crippen LogP contribution in [0.25, 0.3) is 22.3 Å². The van der Waals surface area contributed by atoms with Crippen molar-refractivity contribution in [2.75, 3.05) is 17.6 Å². The van der Waals surface area contributed by atoms with Crippen LogP contribution in [0.4, 0.5) is 11.8 Å². The van der Waals surface area contributed by atoms with Gasteiger partial charge < -0.3 is 11.1 Å². The van der Waals surface area contributed by atoms with Crippen LogP contribution in [-0.2, 0) is 6.54 Å². The normalized spacial score (nSPS) is 11.3. The van der Waals surface area contributed by atoms with Crippen molar-refractivity contribution in [3.05, 3.63) is 65.2 Å². The number of nitrogens with one attached hydrogen (secondary N) is 1. The van der Waals surface area contributed by atoms with Crippen LogP contribution < -0.4 is 11.1 Å². The first-order valence-electron chi connectivity index (χ1n) is 9.59. The summed E-state index contributed by atoms with van der Waals surface area (Å²) in [7, 11) is 0. The van der Waals surface area contributed by atoms with E-state index in [0.29, 0.717) is 46.0 Å². The SMILES string of the molecule is CC(C)CNc1nc(-c2ccccc2Cl)c2c(N)n(Cc3ccccc3)nc2n1. The molecule has 4 rings (SSSR count). The van der Waals surface area contributed by atoms with Crippen molar-refractivity contribution < 1.29 is 0 Å². The maximum absolute atomic E-state index is 6.50. The summed E-state index contributed by atoms with van der Waals surface area (Å²) in [6.07, 6.45) is 0. The van der Waals surface area contributed by atoms with E-state index in [2.05, 4.69) is 29.2 Å². The highest BCUT2D eigenvalue weighted by molar-refractivity contribution is 6.33. The Bertz CT molecular complexity index is 1140. The second-order valence-electron chi connectivity index (χ2n) is 7.38. The molecule has 6 nitrogen and oxygen atoms in total. The van der Waals surface area contributed by atoms with Crippen molar-refractivity contribution in [3.63, 3.8) is 0 Å². The number of anilines is 2. The maximum Gasteiger partial charge on any atom is 0.225 e. The van der Waals surface area contributed by atoms with E-state index < -0.39 is 0 Å². The Kier molecular flexibility index (Phi) is 5.36. The molecule has 0 radical (unpaired) electrons. The Labute approximate surface area is 174 Å². The fourth-order valence-corrected chi connectivity index (χ4v) is 3.38. The Morgan fingerprint density at radius 2 is 1.76 bits per heavy atom. The molecular weight excluding hydrogens is 384 g/mol. The quantitative estimate of drug-likeness (QED) is 0.478. The van der Waals surface area contributed by atoms with Gasteiger partial charge in [0, 0.05) is 17.1 Å². The minimum atomic E-state index is 0.457. The van der Waals surface area contributed by atoms with Crippen LogP contribution in [0.1, 0.15) is 19.4 Å². The van der Waals surface area contributed by atoms with Gasteiger partial charge in [0.25, 0.3) is 0 Å². The van der Waals surface area contributed by atoms with E-state index in [-0.39, 0.29) is 0 Å². The van der Waals surface area contributed by atoms with Crippen LogP contribution in [-0.4, -0.2) is 26.3 Å². The van der Waals surface area contributed by atoms with Crippen molar-refractivity contribution in [1.29, 1.82) is 0 Å². The van der Waals surface area contributed by atoms with Gasteiger partial charge in [-0.1, -0.05) is 74.0 Å². The minimum absolute atomic E-state index is 0.457. The van der Waals surface area contributed by atoms with E-state index in [0.717, 1.165) is 17.7 Å². The number of nitrogen functional groups attached to an aromatic ring is 1.